The summed E-state index contributed by atoms with van der Waals surface area (Å²) in [4.78, 5) is 2.48. The third-order valence-corrected chi connectivity index (χ3v) is 4.19. The highest BCUT2D eigenvalue weighted by Gasteiger charge is 2.26. The van der Waals surface area contributed by atoms with Crippen molar-refractivity contribution in [3.8, 4) is 0 Å². The van der Waals surface area contributed by atoms with Gasteiger partial charge in [-0.25, -0.2) is 0 Å². The molecule has 0 aliphatic carbocycles. The van der Waals surface area contributed by atoms with Gasteiger partial charge in [-0.1, -0.05) is 64.1 Å². The van der Waals surface area contributed by atoms with E-state index in [1.54, 1.807) is 0 Å². The van der Waals surface area contributed by atoms with Crippen LogP contribution in [0.3, 0.4) is 0 Å². The molecule has 0 saturated heterocycles. The molecule has 1 heteroatoms. The Hall–Kier alpha value is -1.50. The first-order valence-corrected chi connectivity index (χ1v) is 7.66. The molecule has 20 heavy (non-hydrogen) atoms. The summed E-state index contributed by atoms with van der Waals surface area (Å²) < 4.78 is 0. The third-order valence-electron chi connectivity index (χ3n) is 4.19. The van der Waals surface area contributed by atoms with Gasteiger partial charge in [0.05, 0.1) is 6.04 Å². The molecule has 1 aromatic carbocycles. The van der Waals surface area contributed by atoms with Crippen molar-refractivity contribution in [1.29, 1.82) is 0 Å². The van der Waals surface area contributed by atoms with E-state index in [-0.39, 0.29) is 5.41 Å². The molecule has 2 unspecified atom stereocenters. The standard InChI is InChI=1S/C19H27N/c1-6-15(2)20-13-12-17(19(3,4)5)14-18(20)16-10-8-7-9-11-16/h7-15,18H,6H2,1-5H3. The molecule has 0 saturated carbocycles. The second-order valence-electron chi connectivity index (χ2n) is 6.75. The maximum absolute atomic E-state index is 2.48. The predicted molar refractivity (Wildman–Crippen MR) is 87.5 cm³/mol. The van der Waals surface area contributed by atoms with E-state index in [0.717, 1.165) is 6.42 Å². The molecule has 0 amide bonds. The lowest BCUT2D eigenvalue weighted by Gasteiger charge is -2.38. The lowest BCUT2D eigenvalue weighted by atomic mass is 9.82. The second-order valence-corrected chi connectivity index (χ2v) is 6.75. The molecule has 2 atom stereocenters. The van der Waals surface area contributed by atoms with Crippen LogP contribution in [-0.2, 0) is 0 Å². The van der Waals surface area contributed by atoms with Crippen molar-refractivity contribution in [3.05, 3.63) is 59.8 Å². The Morgan fingerprint density at radius 1 is 1.15 bits per heavy atom. The van der Waals surface area contributed by atoms with Crippen LogP contribution >= 0.6 is 0 Å². The predicted octanol–water partition coefficient (Wildman–Crippen LogP) is 5.33. The molecule has 1 nitrogen and oxygen atoms in total. The lowest BCUT2D eigenvalue weighted by molar-refractivity contribution is 0.238. The van der Waals surface area contributed by atoms with E-state index in [4.69, 9.17) is 0 Å². The number of nitrogens with zero attached hydrogens (tertiary/aromatic N) is 1. The minimum Gasteiger partial charge on any atom is -0.364 e. The second kappa shape index (κ2) is 5.87. The van der Waals surface area contributed by atoms with Crippen LogP contribution < -0.4 is 0 Å². The van der Waals surface area contributed by atoms with Crippen LogP contribution in [0.1, 0.15) is 52.6 Å². The maximum Gasteiger partial charge on any atom is 0.0729 e. The first kappa shape index (κ1) is 14.9. The molecule has 0 radical (unpaired) electrons. The van der Waals surface area contributed by atoms with Gasteiger partial charge in [-0.15, -0.1) is 0 Å². The van der Waals surface area contributed by atoms with Crippen molar-refractivity contribution in [2.45, 2.75) is 53.1 Å². The third kappa shape index (κ3) is 3.15. The summed E-state index contributed by atoms with van der Waals surface area (Å²) in [5.74, 6) is 0. The molecule has 2 rings (SSSR count). The minimum atomic E-state index is 0.199. The zero-order chi connectivity index (χ0) is 14.8. The average molecular weight is 269 g/mol. The van der Waals surface area contributed by atoms with Gasteiger partial charge in [0.1, 0.15) is 0 Å². The molecular weight excluding hydrogens is 242 g/mol. The van der Waals surface area contributed by atoms with E-state index in [1.165, 1.54) is 11.1 Å². The van der Waals surface area contributed by atoms with Gasteiger partial charge in [-0.3, -0.25) is 0 Å². The van der Waals surface area contributed by atoms with Crippen LogP contribution in [0.15, 0.2) is 54.3 Å². The van der Waals surface area contributed by atoms with Gasteiger partial charge in [0.15, 0.2) is 0 Å². The van der Waals surface area contributed by atoms with Gasteiger partial charge in [-0.2, -0.15) is 0 Å². The lowest BCUT2D eigenvalue weighted by Crippen LogP contribution is -2.33. The number of allylic oxidation sites excluding steroid dienone is 2. The van der Waals surface area contributed by atoms with Crippen molar-refractivity contribution in [2.24, 2.45) is 5.41 Å². The minimum absolute atomic E-state index is 0.199. The van der Waals surface area contributed by atoms with Crippen molar-refractivity contribution in [3.63, 3.8) is 0 Å². The van der Waals surface area contributed by atoms with Crippen molar-refractivity contribution >= 4 is 0 Å². The number of hydrogen-bond donors (Lipinski definition) is 0. The maximum atomic E-state index is 2.48. The molecule has 0 spiro atoms. The summed E-state index contributed by atoms with van der Waals surface area (Å²) >= 11 is 0. The Bertz CT molecular complexity index is 490. The Kier molecular flexibility index (Phi) is 4.37. The summed E-state index contributed by atoms with van der Waals surface area (Å²) in [5.41, 5.74) is 3.00. The van der Waals surface area contributed by atoms with Crippen molar-refractivity contribution in [2.75, 3.05) is 0 Å². The highest BCUT2D eigenvalue weighted by molar-refractivity contribution is 5.35. The molecular formula is C19H27N. The fourth-order valence-corrected chi connectivity index (χ4v) is 2.62. The molecule has 0 bridgehead atoms. The summed E-state index contributed by atoms with van der Waals surface area (Å²) in [6.07, 6.45) is 8.16. The van der Waals surface area contributed by atoms with E-state index in [1.807, 2.05) is 0 Å². The largest absolute Gasteiger partial charge is 0.364 e. The van der Waals surface area contributed by atoms with Gasteiger partial charge in [0.2, 0.25) is 0 Å². The fourth-order valence-electron chi connectivity index (χ4n) is 2.62. The van der Waals surface area contributed by atoms with Gasteiger partial charge in [0.25, 0.3) is 0 Å². The van der Waals surface area contributed by atoms with Crippen LogP contribution in [0, 0.1) is 5.41 Å². The number of benzene rings is 1. The Morgan fingerprint density at radius 3 is 2.35 bits per heavy atom. The van der Waals surface area contributed by atoms with Gasteiger partial charge >= 0.3 is 0 Å². The fraction of sp³-hybridized carbons (Fsp3) is 0.474. The number of rotatable bonds is 3. The molecule has 0 aromatic heterocycles. The molecule has 1 aromatic rings. The quantitative estimate of drug-likeness (QED) is 0.717. The highest BCUT2D eigenvalue weighted by Crippen LogP contribution is 2.36. The van der Waals surface area contributed by atoms with Gasteiger partial charge < -0.3 is 4.90 Å². The normalized spacial score (nSPS) is 20.8. The topological polar surface area (TPSA) is 3.24 Å². The van der Waals surface area contributed by atoms with Crippen molar-refractivity contribution < 1.29 is 0 Å². The summed E-state index contributed by atoms with van der Waals surface area (Å²) in [6, 6.07) is 11.7. The molecule has 0 N–H and O–H groups in total. The zero-order valence-corrected chi connectivity index (χ0v) is 13.4. The van der Waals surface area contributed by atoms with E-state index < -0.39 is 0 Å². The Morgan fingerprint density at radius 2 is 1.80 bits per heavy atom. The number of hydrogen-bond acceptors (Lipinski definition) is 1. The first-order chi connectivity index (χ1) is 9.43. The molecule has 108 valence electrons. The van der Waals surface area contributed by atoms with Crippen LogP contribution in [0.5, 0.6) is 0 Å². The van der Waals surface area contributed by atoms with E-state index >= 15 is 0 Å². The van der Waals surface area contributed by atoms with E-state index in [0.29, 0.717) is 12.1 Å². The van der Waals surface area contributed by atoms with E-state index in [9.17, 15) is 0 Å². The first-order valence-electron chi connectivity index (χ1n) is 7.66. The summed E-state index contributed by atoms with van der Waals surface area (Å²) in [7, 11) is 0. The Balaban J connectivity index is 2.39. The Labute approximate surface area is 124 Å². The van der Waals surface area contributed by atoms with Crippen LogP contribution in [-0.4, -0.2) is 10.9 Å². The molecule has 1 aliphatic heterocycles. The van der Waals surface area contributed by atoms with Crippen molar-refractivity contribution in [1.82, 2.24) is 4.90 Å². The monoisotopic (exact) mass is 269 g/mol. The molecule has 1 aliphatic rings. The van der Waals surface area contributed by atoms with Crippen LogP contribution in [0.25, 0.3) is 0 Å². The molecule has 1 heterocycles. The van der Waals surface area contributed by atoms with Crippen LogP contribution in [0.2, 0.25) is 0 Å². The zero-order valence-electron chi connectivity index (χ0n) is 13.4. The summed E-state index contributed by atoms with van der Waals surface area (Å²) in [6.45, 7) is 11.4. The summed E-state index contributed by atoms with van der Waals surface area (Å²) in [5, 5.41) is 0. The smallest absolute Gasteiger partial charge is 0.0729 e. The SMILES string of the molecule is CCC(C)N1C=CC(C(C)(C)C)=CC1c1ccccc1. The average Bonchev–Trinajstić information content (AvgIpc) is 2.46. The highest BCUT2D eigenvalue weighted by atomic mass is 15.2. The van der Waals surface area contributed by atoms with Gasteiger partial charge in [-0.05, 0) is 36.0 Å². The van der Waals surface area contributed by atoms with Gasteiger partial charge in [0, 0.05) is 12.2 Å². The van der Waals surface area contributed by atoms with Crippen LogP contribution in [0.4, 0.5) is 0 Å². The van der Waals surface area contributed by atoms with E-state index in [2.05, 4.69) is 88.2 Å². The molecule has 0 fully saturated rings.